The van der Waals surface area contributed by atoms with Gasteiger partial charge >= 0.3 is 0 Å². The van der Waals surface area contributed by atoms with Crippen LogP contribution in [-0.4, -0.2) is 15.4 Å². The summed E-state index contributed by atoms with van der Waals surface area (Å²) < 4.78 is 0. The molecule has 0 bridgehead atoms. The van der Waals surface area contributed by atoms with E-state index in [-0.39, 0.29) is 7.92 Å². The summed E-state index contributed by atoms with van der Waals surface area (Å²) in [6, 6.07) is 7.72. The normalized spacial score (nSPS) is 13.1. The fraction of sp³-hybridized carbons (Fsp3) is 0.600. The van der Waals surface area contributed by atoms with Gasteiger partial charge in [0, 0.05) is 0 Å². The minimum Gasteiger partial charge on any atom is -0.508 e. The number of benzene rings is 1. The third kappa shape index (κ3) is 4.00. The Morgan fingerprint density at radius 3 is 1.82 bits per heavy atom. The number of aromatic hydroxyl groups is 1. The molecule has 0 heterocycles. The summed E-state index contributed by atoms with van der Waals surface area (Å²) in [5.41, 5.74) is 1.09. The summed E-state index contributed by atoms with van der Waals surface area (Å²) >= 11 is 0. The smallest absolute Gasteiger partial charge is 0.119 e. The zero-order chi connectivity index (χ0) is 13.3. The Labute approximate surface area is 107 Å². The van der Waals surface area contributed by atoms with Crippen molar-refractivity contribution in [2.24, 2.45) is 0 Å². The molecule has 0 amide bonds. The lowest BCUT2D eigenvalue weighted by Crippen LogP contribution is -2.25. The SMILES string of the molecule is CC(C)(C)P(Cc1ccccc1O)C(C)(C)C. The number of rotatable bonds is 2. The van der Waals surface area contributed by atoms with E-state index >= 15 is 0 Å². The Morgan fingerprint density at radius 2 is 1.41 bits per heavy atom. The first-order chi connectivity index (χ1) is 7.62. The van der Waals surface area contributed by atoms with E-state index in [1.165, 1.54) is 0 Å². The molecule has 1 N–H and O–H groups in total. The largest absolute Gasteiger partial charge is 0.508 e. The van der Waals surface area contributed by atoms with Gasteiger partial charge in [0.15, 0.2) is 0 Å². The molecule has 1 aromatic rings. The highest BCUT2D eigenvalue weighted by molar-refractivity contribution is 7.60. The first-order valence-corrected chi connectivity index (χ1v) is 7.69. The number of hydrogen-bond acceptors (Lipinski definition) is 1. The summed E-state index contributed by atoms with van der Waals surface area (Å²) in [4.78, 5) is 0. The van der Waals surface area contributed by atoms with Crippen LogP contribution in [0.25, 0.3) is 0 Å². The molecule has 0 aliphatic carbocycles. The van der Waals surface area contributed by atoms with Crippen molar-refractivity contribution in [2.75, 3.05) is 0 Å². The van der Waals surface area contributed by atoms with Crippen molar-refractivity contribution in [3.63, 3.8) is 0 Å². The lowest BCUT2D eigenvalue weighted by Gasteiger charge is -2.41. The van der Waals surface area contributed by atoms with Crippen LogP contribution in [0.2, 0.25) is 0 Å². The first-order valence-electron chi connectivity index (χ1n) is 6.17. The Hall–Kier alpha value is -0.550. The zero-order valence-corrected chi connectivity index (χ0v) is 12.8. The number of phenolic OH excluding ortho intramolecular Hbond substituents is 1. The zero-order valence-electron chi connectivity index (χ0n) is 11.9. The first kappa shape index (κ1) is 14.5. The van der Waals surface area contributed by atoms with Gasteiger partial charge in [0.2, 0.25) is 0 Å². The summed E-state index contributed by atoms with van der Waals surface area (Å²) in [5.74, 6) is 0.438. The molecule has 17 heavy (non-hydrogen) atoms. The molecule has 0 aliphatic heterocycles. The Morgan fingerprint density at radius 1 is 0.941 bits per heavy atom. The minimum atomic E-state index is -0.195. The standard InChI is InChI=1S/C15H25OP/c1-14(2,3)17(15(4,5)6)11-12-9-7-8-10-13(12)16/h7-10,16H,11H2,1-6H3. The van der Waals surface area contributed by atoms with E-state index in [1.807, 2.05) is 18.2 Å². The van der Waals surface area contributed by atoms with Crippen LogP contribution in [0.15, 0.2) is 24.3 Å². The maximum atomic E-state index is 9.90. The van der Waals surface area contributed by atoms with Gasteiger partial charge in [0.25, 0.3) is 0 Å². The predicted octanol–water partition coefficient (Wildman–Crippen LogP) is 4.97. The van der Waals surface area contributed by atoms with E-state index in [1.54, 1.807) is 6.07 Å². The van der Waals surface area contributed by atoms with Gasteiger partial charge in [-0.3, -0.25) is 0 Å². The Balaban J connectivity index is 3.00. The van der Waals surface area contributed by atoms with Crippen molar-refractivity contribution < 1.29 is 5.11 Å². The van der Waals surface area contributed by atoms with Crippen molar-refractivity contribution in [1.82, 2.24) is 0 Å². The molecule has 0 saturated heterocycles. The summed E-state index contributed by atoms with van der Waals surface area (Å²) in [5, 5.41) is 10.5. The van der Waals surface area contributed by atoms with Gasteiger partial charge in [0.1, 0.15) is 5.75 Å². The molecule has 96 valence electrons. The van der Waals surface area contributed by atoms with E-state index in [2.05, 4.69) is 41.5 Å². The van der Waals surface area contributed by atoms with Crippen LogP contribution in [0.4, 0.5) is 0 Å². The number of para-hydroxylation sites is 1. The molecule has 0 aliphatic rings. The highest BCUT2D eigenvalue weighted by atomic mass is 31.1. The molecular formula is C15H25OP. The maximum absolute atomic E-state index is 9.90. The van der Waals surface area contributed by atoms with Gasteiger partial charge in [-0.1, -0.05) is 67.7 Å². The molecule has 1 nitrogen and oxygen atoms in total. The van der Waals surface area contributed by atoms with E-state index in [4.69, 9.17) is 0 Å². The Kier molecular flexibility index (Phi) is 4.25. The molecule has 0 fully saturated rings. The fourth-order valence-corrected chi connectivity index (χ4v) is 5.86. The second-order valence-corrected chi connectivity index (χ2v) is 10.4. The van der Waals surface area contributed by atoms with E-state index in [0.29, 0.717) is 16.1 Å². The quantitative estimate of drug-likeness (QED) is 0.737. The van der Waals surface area contributed by atoms with Gasteiger partial charge < -0.3 is 5.11 Å². The van der Waals surface area contributed by atoms with Crippen LogP contribution in [0.1, 0.15) is 47.1 Å². The molecule has 0 spiro atoms. The lowest BCUT2D eigenvalue weighted by molar-refractivity contribution is 0.470. The van der Waals surface area contributed by atoms with E-state index < -0.39 is 0 Å². The van der Waals surface area contributed by atoms with Gasteiger partial charge in [-0.2, -0.15) is 0 Å². The molecule has 2 heteroatoms. The molecule has 0 atom stereocenters. The van der Waals surface area contributed by atoms with Crippen molar-refractivity contribution >= 4 is 7.92 Å². The van der Waals surface area contributed by atoms with Crippen LogP contribution in [0.3, 0.4) is 0 Å². The average molecular weight is 252 g/mol. The predicted molar refractivity (Wildman–Crippen MR) is 78.2 cm³/mol. The topological polar surface area (TPSA) is 20.2 Å². The average Bonchev–Trinajstić information content (AvgIpc) is 2.12. The molecule has 0 unspecified atom stereocenters. The van der Waals surface area contributed by atoms with Crippen LogP contribution in [0.5, 0.6) is 5.75 Å². The van der Waals surface area contributed by atoms with Gasteiger partial charge in [0.05, 0.1) is 0 Å². The van der Waals surface area contributed by atoms with Crippen LogP contribution in [0, 0.1) is 0 Å². The second-order valence-electron chi connectivity index (χ2n) is 6.56. The molecule has 0 radical (unpaired) electrons. The second kappa shape index (κ2) is 4.98. The van der Waals surface area contributed by atoms with Crippen molar-refractivity contribution in [3.05, 3.63) is 29.8 Å². The molecule has 1 rings (SSSR count). The molecule has 0 aromatic heterocycles. The molecule has 1 aromatic carbocycles. The molecular weight excluding hydrogens is 227 g/mol. The summed E-state index contributed by atoms with van der Waals surface area (Å²) in [6.07, 6.45) is 0.995. The van der Waals surface area contributed by atoms with Crippen LogP contribution >= 0.6 is 7.92 Å². The summed E-state index contributed by atoms with van der Waals surface area (Å²) in [6.45, 7) is 13.9. The minimum absolute atomic E-state index is 0.195. The summed E-state index contributed by atoms with van der Waals surface area (Å²) in [7, 11) is -0.195. The number of hydrogen-bond donors (Lipinski definition) is 1. The van der Waals surface area contributed by atoms with Gasteiger partial charge in [-0.15, -0.1) is 0 Å². The van der Waals surface area contributed by atoms with E-state index in [9.17, 15) is 5.11 Å². The third-order valence-corrected chi connectivity index (χ3v) is 6.84. The van der Waals surface area contributed by atoms with Crippen molar-refractivity contribution in [2.45, 2.75) is 58.0 Å². The monoisotopic (exact) mass is 252 g/mol. The van der Waals surface area contributed by atoms with Gasteiger partial charge in [-0.05, 0) is 28.1 Å². The lowest BCUT2D eigenvalue weighted by atomic mass is 10.2. The maximum Gasteiger partial charge on any atom is 0.119 e. The van der Waals surface area contributed by atoms with Gasteiger partial charge in [-0.25, -0.2) is 0 Å². The van der Waals surface area contributed by atoms with Crippen LogP contribution < -0.4 is 0 Å². The Bertz CT molecular complexity index is 357. The molecule has 0 saturated carbocycles. The van der Waals surface area contributed by atoms with Crippen molar-refractivity contribution in [1.29, 1.82) is 0 Å². The van der Waals surface area contributed by atoms with Crippen LogP contribution in [-0.2, 0) is 6.16 Å². The number of phenols is 1. The fourth-order valence-electron chi connectivity index (χ4n) is 2.30. The third-order valence-electron chi connectivity index (χ3n) is 2.94. The van der Waals surface area contributed by atoms with E-state index in [0.717, 1.165) is 11.7 Å². The highest BCUT2D eigenvalue weighted by Gasteiger charge is 2.34. The van der Waals surface area contributed by atoms with Crippen molar-refractivity contribution in [3.8, 4) is 5.75 Å². The highest BCUT2D eigenvalue weighted by Crippen LogP contribution is 2.61.